The Hall–Kier alpha value is -0.650. The minimum atomic E-state index is 0.431. The molecule has 1 aromatic carbocycles. The summed E-state index contributed by atoms with van der Waals surface area (Å²) < 4.78 is 7.17. The highest BCUT2D eigenvalue weighted by Crippen LogP contribution is 2.37. The molecule has 0 aliphatic carbocycles. The molecule has 0 bridgehead atoms. The average molecular weight is 346 g/mol. The van der Waals surface area contributed by atoms with Gasteiger partial charge >= 0.3 is 0 Å². The number of hydrogen-bond acceptors (Lipinski definition) is 3. The fourth-order valence-electron chi connectivity index (χ4n) is 1.56. The van der Waals surface area contributed by atoms with E-state index >= 15 is 0 Å². The first-order valence-corrected chi connectivity index (χ1v) is 6.27. The van der Waals surface area contributed by atoms with Crippen molar-refractivity contribution in [2.75, 3.05) is 7.11 Å². The van der Waals surface area contributed by atoms with Gasteiger partial charge in [-0.3, -0.25) is 4.98 Å². The van der Waals surface area contributed by atoms with Gasteiger partial charge in [-0.25, -0.2) is 0 Å². The zero-order chi connectivity index (χ0) is 11.7. The van der Waals surface area contributed by atoms with Crippen molar-refractivity contribution in [3.05, 3.63) is 32.8 Å². The molecular weight excluding hydrogens is 336 g/mol. The maximum atomic E-state index is 5.57. The molecule has 0 saturated heterocycles. The Morgan fingerprint density at radius 3 is 2.69 bits per heavy atom. The van der Waals surface area contributed by atoms with E-state index in [1.54, 1.807) is 7.11 Å². The number of rotatable bonds is 2. The van der Waals surface area contributed by atoms with Crippen LogP contribution in [-0.2, 0) is 6.54 Å². The first-order chi connectivity index (χ1) is 7.67. The molecule has 2 N–H and O–H groups in total. The average Bonchev–Trinajstić information content (AvgIpc) is 2.29. The Bertz CT molecular complexity index is 543. The minimum Gasteiger partial charge on any atom is -0.495 e. The first kappa shape index (κ1) is 11.8. The van der Waals surface area contributed by atoms with Crippen molar-refractivity contribution < 1.29 is 4.74 Å². The monoisotopic (exact) mass is 344 g/mol. The van der Waals surface area contributed by atoms with E-state index in [0.717, 1.165) is 31.3 Å². The molecule has 84 valence electrons. The van der Waals surface area contributed by atoms with Gasteiger partial charge in [0.25, 0.3) is 0 Å². The predicted octanol–water partition coefficient (Wildman–Crippen LogP) is 3.23. The number of benzene rings is 1. The van der Waals surface area contributed by atoms with Gasteiger partial charge in [0.15, 0.2) is 0 Å². The van der Waals surface area contributed by atoms with Crippen LogP contribution in [0.4, 0.5) is 0 Å². The number of pyridine rings is 1. The quantitative estimate of drug-likeness (QED) is 0.909. The van der Waals surface area contributed by atoms with E-state index in [2.05, 4.69) is 36.8 Å². The molecule has 1 heterocycles. The third kappa shape index (κ3) is 1.95. The molecule has 3 nitrogen and oxygen atoms in total. The highest BCUT2D eigenvalue weighted by atomic mass is 79.9. The second-order valence-electron chi connectivity index (χ2n) is 3.28. The maximum Gasteiger partial charge on any atom is 0.142 e. The van der Waals surface area contributed by atoms with E-state index in [9.17, 15) is 0 Å². The van der Waals surface area contributed by atoms with Crippen LogP contribution in [-0.4, -0.2) is 12.1 Å². The van der Waals surface area contributed by atoms with Gasteiger partial charge in [0, 0.05) is 16.4 Å². The second kappa shape index (κ2) is 4.69. The minimum absolute atomic E-state index is 0.431. The van der Waals surface area contributed by atoms with Crippen molar-refractivity contribution in [1.29, 1.82) is 0 Å². The van der Waals surface area contributed by atoms with E-state index in [1.165, 1.54) is 0 Å². The van der Waals surface area contributed by atoms with Gasteiger partial charge in [0.05, 0.1) is 22.8 Å². The number of methoxy groups -OCH3 is 1. The van der Waals surface area contributed by atoms with Crippen LogP contribution in [0.25, 0.3) is 10.9 Å². The topological polar surface area (TPSA) is 48.1 Å². The Morgan fingerprint density at radius 1 is 1.31 bits per heavy atom. The summed E-state index contributed by atoms with van der Waals surface area (Å²) in [4.78, 5) is 4.47. The number of aromatic nitrogens is 1. The Kier molecular flexibility index (Phi) is 3.47. The molecule has 0 aliphatic rings. The summed E-state index contributed by atoms with van der Waals surface area (Å²) >= 11 is 6.94. The van der Waals surface area contributed by atoms with Crippen LogP contribution >= 0.6 is 31.9 Å². The predicted molar refractivity (Wildman–Crippen MR) is 71.6 cm³/mol. The SMILES string of the molecule is COc1c(Br)cc(Br)c2nc(CN)ccc12. The fraction of sp³-hybridized carbons (Fsp3) is 0.182. The molecule has 0 aliphatic heterocycles. The third-order valence-corrected chi connectivity index (χ3v) is 3.50. The molecule has 16 heavy (non-hydrogen) atoms. The number of ether oxygens (including phenoxy) is 1. The smallest absolute Gasteiger partial charge is 0.142 e. The van der Waals surface area contributed by atoms with Gasteiger partial charge in [-0.1, -0.05) is 0 Å². The molecule has 2 aromatic rings. The summed E-state index contributed by atoms with van der Waals surface area (Å²) in [5, 5.41) is 0.959. The van der Waals surface area contributed by atoms with Gasteiger partial charge in [-0.15, -0.1) is 0 Å². The molecule has 0 saturated carbocycles. The largest absolute Gasteiger partial charge is 0.495 e. The summed E-state index contributed by atoms with van der Waals surface area (Å²) in [7, 11) is 1.64. The third-order valence-electron chi connectivity index (χ3n) is 2.31. The summed E-state index contributed by atoms with van der Waals surface area (Å²) in [5.41, 5.74) is 7.30. The Balaban J connectivity index is 2.82. The zero-order valence-corrected chi connectivity index (χ0v) is 11.8. The summed E-state index contributed by atoms with van der Waals surface area (Å²) in [6, 6.07) is 5.80. The van der Waals surface area contributed by atoms with E-state index in [-0.39, 0.29) is 0 Å². The van der Waals surface area contributed by atoms with Crippen LogP contribution in [0.1, 0.15) is 5.69 Å². The first-order valence-electron chi connectivity index (χ1n) is 4.69. The molecule has 2 rings (SSSR count). The van der Waals surface area contributed by atoms with E-state index in [1.807, 2.05) is 18.2 Å². The van der Waals surface area contributed by atoms with Crippen molar-refractivity contribution in [2.45, 2.75) is 6.54 Å². The van der Waals surface area contributed by atoms with E-state index < -0.39 is 0 Å². The van der Waals surface area contributed by atoms with Crippen molar-refractivity contribution >= 4 is 42.8 Å². The number of halogens is 2. The summed E-state index contributed by atoms with van der Waals surface area (Å²) in [5.74, 6) is 0.786. The lowest BCUT2D eigenvalue weighted by Crippen LogP contribution is -2.00. The van der Waals surface area contributed by atoms with Gasteiger partial charge in [0.1, 0.15) is 5.75 Å². The Labute approximate surface area is 110 Å². The van der Waals surface area contributed by atoms with E-state index in [0.29, 0.717) is 6.54 Å². The number of hydrogen-bond donors (Lipinski definition) is 1. The van der Waals surface area contributed by atoms with Gasteiger partial charge in [-0.05, 0) is 50.1 Å². The number of fused-ring (bicyclic) bond motifs is 1. The molecular formula is C11H10Br2N2O. The molecule has 0 radical (unpaired) electrons. The Morgan fingerprint density at radius 2 is 2.06 bits per heavy atom. The van der Waals surface area contributed by atoms with Crippen LogP contribution < -0.4 is 10.5 Å². The normalized spacial score (nSPS) is 10.8. The molecule has 1 aromatic heterocycles. The highest BCUT2D eigenvalue weighted by molar-refractivity contribution is 9.11. The number of nitrogens with zero attached hydrogens (tertiary/aromatic N) is 1. The zero-order valence-electron chi connectivity index (χ0n) is 8.63. The van der Waals surface area contributed by atoms with Crippen molar-refractivity contribution in [3.63, 3.8) is 0 Å². The lowest BCUT2D eigenvalue weighted by atomic mass is 10.2. The second-order valence-corrected chi connectivity index (χ2v) is 4.99. The van der Waals surface area contributed by atoms with Gasteiger partial charge < -0.3 is 10.5 Å². The molecule has 0 unspecified atom stereocenters. The van der Waals surface area contributed by atoms with Crippen LogP contribution in [0.15, 0.2) is 27.1 Å². The van der Waals surface area contributed by atoms with Crippen LogP contribution in [0.2, 0.25) is 0 Å². The van der Waals surface area contributed by atoms with E-state index in [4.69, 9.17) is 10.5 Å². The molecule has 0 spiro atoms. The molecule has 0 fully saturated rings. The molecule has 0 amide bonds. The summed E-state index contributed by atoms with van der Waals surface area (Å²) in [6.45, 7) is 0.431. The summed E-state index contributed by atoms with van der Waals surface area (Å²) in [6.07, 6.45) is 0. The van der Waals surface area contributed by atoms with Gasteiger partial charge in [0.2, 0.25) is 0 Å². The van der Waals surface area contributed by atoms with Crippen LogP contribution in [0.5, 0.6) is 5.75 Å². The van der Waals surface area contributed by atoms with Crippen molar-refractivity contribution in [3.8, 4) is 5.75 Å². The molecule has 5 heteroatoms. The van der Waals surface area contributed by atoms with Crippen molar-refractivity contribution in [1.82, 2.24) is 4.98 Å². The van der Waals surface area contributed by atoms with Crippen molar-refractivity contribution in [2.24, 2.45) is 5.73 Å². The standard InChI is InChI=1S/C11H10Br2N2O/c1-16-11-7-3-2-6(5-14)15-10(7)8(12)4-9(11)13/h2-4H,5,14H2,1H3. The lowest BCUT2D eigenvalue weighted by molar-refractivity contribution is 0.417. The lowest BCUT2D eigenvalue weighted by Gasteiger charge is -2.10. The van der Waals surface area contributed by atoms with Gasteiger partial charge in [-0.2, -0.15) is 0 Å². The number of nitrogens with two attached hydrogens (primary N) is 1. The van der Waals surface area contributed by atoms with Crippen LogP contribution in [0.3, 0.4) is 0 Å². The van der Waals surface area contributed by atoms with Crippen LogP contribution in [0, 0.1) is 0 Å². The maximum absolute atomic E-state index is 5.57. The fourth-order valence-corrected chi connectivity index (χ4v) is 3.00. The molecule has 0 atom stereocenters. The highest BCUT2D eigenvalue weighted by Gasteiger charge is 2.11.